The highest BCUT2D eigenvalue weighted by molar-refractivity contribution is 5.78. The van der Waals surface area contributed by atoms with E-state index in [9.17, 15) is 4.79 Å². The molecule has 3 heteroatoms. The van der Waals surface area contributed by atoms with Crippen LogP contribution in [0.2, 0.25) is 0 Å². The van der Waals surface area contributed by atoms with E-state index in [-0.39, 0.29) is 5.91 Å². The molecule has 3 nitrogen and oxygen atoms in total. The minimum absolute atomic E-state index is 0.173. The van der Waals surface area contributed by atoms with Crippen molar-refractivity contribution >= 4 is 5.91 Å². The van der Waals surface area contributed by atoms with E-state index in [1.54, 1.807) is 0 Å². The van der Waals surface area contributed by atoms with Crippen molar-refractivity contribution in [1.82, 2.24) is 10.6 Å². The molecule has 2 unspecified atom stereocenters. The van der Waals surface area contributed by atoms with Crippen molar-refractivity contribution in [3.8, 4) is 0 Å². The van der Waals surface area contributed by atoms with Gasteiger partial charge in [-0.1, -0.05) is 13.3 Å². The van der Waals surface area contributed by atoms with Gasteiger partial charge >= 0.3 is 0 Å². The molecule has 0 aliphatic heterocycles. The summed E-state index contributed by atoms with van der Waals surface area (Å²) in [5.74, 6) is 1.78. The molecule has 0 aromatic carbocycles. The van der Waals surface area contributed by atoms with Crippen LogP contribution in [-0.4, -0.2) is 25.0 Å². The molecular formula is C11H20N2O. The number of hydrogen-bond acceptors (Lipinski definition) is 2. The summed E-state index contributed by atoms with van der Waals surface area (Å²) in [4.78, 5) is 11.4. The predicted molar refractivity (Wildman–Crippen MR) is 55.9 cm³/mol. The first-order chi connectivity index (χ1) is 6.79. The number of hydrogen-bond donors (Lipinski definition) is 2. The van der Waals surface area contributed by atoms with Gasteiger partial charge in [0.15, 0.2) is 0 Å². The average Bonchev–Trinajstić information content (AvgIpc) is 2.99. The second-order valence-corrected chi connectivity index (χ2v) is 4.65. The summed E-state index contributed by atoms with van der Waals surface area (Å²) in [5, 5.41) is 6.25. The summed E-state index contributed by atoms with van der Waals surface area (Å²) in [6, 6.07) is 0.482. The molecular weight excluding hydrogens is 176 g/mol. The highest BCUT2D eigenvalue weighted by Gasteiger charge is 2.36. The van der Waals surface area contributed by atoms with Gasteiger partial charge in [0, 0.05) is 6.04 Å². The summed E-state index contributed by atoms with van der Waals surface area (Å²) >= 11 is 0. The number of nitrogens with one attached hydrogen (secondary N) is 2. The molecule has 2 N–H and O–H groups in total. The normalized spacial score (nSPS) is 30.1. The third kappa shape index (κ3) is 2.98. The zero-order valence-electron chi connectivity index (χ0n) is 8.88. The molecule has 14 heavy (non-hydrogen) atoms. The molecule has 0 bridgehead atoms. The molecule has 2 rings (SSSR count). The van der Waals surface area contributed by atoms with Gasteiger partial charge < -0.3 is 10.6 Å². The predicted octanol–water partition coefficient (Wildman–Crippen LogP) is 0.901. The molecule has 80 valence electrons. The Balaban J connectivity index is 1.50. The van der Waals surface area contributed by atoms with Gasteiger partial charge in [0.2, 0.25) is 5.91 Å². The molecule has 2 fully saturated rings. The van der Waals surface area contributed by atoms with Gasteiger partial charge in [0.25, 0.3) is 0 Å². The second kappa shape index (κ2) is 4.30. The Labute approximate surface area is 85.6 Å². The maximum absolute atomic E-state index is 11.4. The molecule has 2 aliphatic carbocycles. The molecule has 2 saturated carbocycles. The maximum Gasteiger partial charge on any atom is 0.234 e. The third-order valence-corrected chi connectivity index (χ3v) is 3.21. The fraction of sp³-hybridized carbons (Fsp3) is 0.909. The third-order valence-electron chi connectivity index (χ3n) is 3.21. The van der Waals surface area contributed by atoms with Crippen LogP contribution in [0.3, 0.4) is 0 Å². The molecule has 0 aromatic rings. The molecule has 0 saturated heterocycles. The van der Waals surface area contributed by atoms with Crippen molar-refractivity contribution in [1.29, 1.82) is 0 Å². The minimum atomic E-state index is 0.173. The topological polar surface area (TPSA) is 41.1 Å². The molecule has 2 aliphatic rings. The Hall–Kier alpha value is -0.570. The van der Waals surface area contributed by atoms with E-state index in [1.807, 2.05) is 0 Å². The standard InChI is InChI=1S/C11H20N2O/c1-2-9-5-10(9)13-11(14)7-12-6-8-3-4-8/h8-10,12H,2-7H2,1H3,(H,13,14). The lowest BCUT2D eigenvalue weighted by Gasteiger charge is -2.05. The van der Waals surface area contributed by atoms with Gasteiger partial charge in [-0.3, -0.25) is 4.79 Å². The van der Waals surface area contributed by atoms with Crippen molar-refractivity contribution < 1.29 is 4.79 Å². The lowest BCUT2D eigenvalue weighted by atomic mass is 10.3. The van der Waals surface area contributed by atoms with Gasteiger partial charge in [-0.25, -0.2) is 0 Å². The summed E-state index contributed by atoms with van der Waals surface area (Å²) in [6.45, 7) is 3.71. The van der Waals surface area contributed by atoms with E-state index in [2.05, 4.69) is 17.6 Å². The molecule has 0 radical (unpaired) electrons. The SMILES string of the molecule is CCC1CC1NC(=O)CNCC1CC1. The number of rotatable bonds is 6. The van der Waals surface area contributed by atoms with Gasteiger partial charge in [-0.05, 0) is 37.6 Å². The van der Waals surface area contributed by atoms with Crippen LogP contribution in [0, 0.1) is 11.8 Å². The van der Waals surface area contributed by atoms with Crippen LogP contribution < -0.4 is 10.6 Å². The lowest BCUT2D eigenvalue weighted by Crippen LogP contribution is -2.36. The van der Waals surface area contributed by atoms with Crippen LogP contribution in [0.25, 0.3) is 0 Å². The van der Waals surface area contributed by atoms with Crippen molar-refractivity contribution in [2.45, 2.75) is 38.6 Å². The quantitative estimate of drug-likeness (QED) is 0.662. The van der Waals surface area contributed by atoms with Crippen LogP contribution in [-0.2, 0) is 4.79 Å². The largest absolute Gasteiger partial charge is 0.352 e. The number of carbonyl (C=O) groups is 1. The minimum Gasteiger partial charge on any atom is -0.352 e. The summed E-state index contributed by atoms with van der Waals surface area (Å²) in [6.07, 6.45) is 5.07. The van der Waals surface area contributed by atoms with Crippen LogP contribution in [0.5, 0.6) is 0 Å². The second-order valence-electron chi connectivity index (χ2n) is 4.65. The van der Waals surface area contributed by atoms with Gasteiger partial charge in [-0.15, -0.1) is 0 Å². The number of amides is 1. The van der Waals surface area contributed by atoms with E-state index in [4.69, 9.17) is 0 Å². The lowest BCUT2D eigenvalue weighted by molar-refractivity contribution is -0.120. The van der Waals surface area contributed by atoms with Gasteiger partial charge in [0.1, 0.15) is 0 Å². The first-order valence-electron chi connectivity index (χ1n) is 5.79. The first kappa shape index (κ1) is 9.97. The average molecular weight is 196 g/mol. The smallest absolute Gasteiger partial charge is 0.234 e. The van der Waals surface area contributed by atoms with Gasteiger partial charge in [-0.2, -0.15) is 0 Å². The van der Waals surface area contributed by atoms with Crippen molar-refractivity contribution in [2.75, 3.05) is 13.1 Å². The van der Waals surface area contributed by atoms with Crippen LogP contribution in [0.1, 0.15) is 32.6 Å². The van der Waals surface area contributed by atoms with E-state index in [0.717, 1.165) is 18.4 Å². The van der Waals surface area contributed by atoms with Crippen molar-refractivity contribution in [3.05, 3.63) is 0 Å². The Morgan fingerprint density at radius 2 is 2.21 bits per heavy atom. The van der Waals surface area contributed by atoms with Crippen molar-refractivity contribution in [2.24, 2.45) is 11.8 Å². The highest BCUT2D eigenvalue weighted by Crippen LogP contribution is 2.32. The molecule has 2 atom stereocenters. The summed E-state index contributed by atoms with van der Waals surface area (Å²) < 4.78 is 0. The first-order valence-corrected chi connectivity index (χ1v) is 5.79. The summed E-state index contributed by atoms with van der Waals surface area (Å²) in [5.41, 5.74) is 0. The van der Waals surface area contributed by atoms with Crippen LogP contribution in [0.4, 0.5) is 0 Å². The van der Waals surface area contributed by atoms with Crippen LogP contribution in [0.15, 0.2) is 0 Å². The molecule has 1 amide bonds. The van der Waals surface area contributed by atoms with E-state index < -0.39 is 0 Å². The van der Waals surface area contributed by atoms with E-state index in [1.165, 1.54) is 25.7 Å². The Bertz CT molecular complexity index is 213. The molecule has 0 spiro atoms. The monoisotopic (exact) mass is 196 g/mol. The molecule has 0 aromatic heterocycles. The highest BCUT2D eigenvalue weighted by atomic mass is 16.2. The number of carbonyl (C=O) groups excluding carboxylic acids is 1. The maximum atomic E-state index is 11.4. The Morgan fingerprint density at radius 1 is 1.43 bits per heavy atom. The van der Waals surface area contributed by atoms with E-state index in [0.29, 0.717) is 12.6 Å². The van der Waals surface area contributed by atoms with Crippen LogP contribution >= 0.6 is 0 Å². The Morgan fingerprint density at radius 3 is 2.79 bits per heavy atom. The van der Waals surface area contributed by atoms with Gasteiger partial charge in [0.05, 0.1) is 6.54 Å². The van der Waals surface area contributed by atoms with E-state index >= 15 is 0 Å². The summed E-state index contributed by atoms with van der Waals surface area (Å²) in [7, 11) is 0. The Kier molecular flexibility index (Phi) is 3.06. The zero-order chi connectivity index (χ0) is 9.97. The fourth-order valence-electron chi connectivity index (χ4n) is 1.85. The fourth-order valence-corrected chi connectivity index (χ4v) is 1.85. The molecule has 0 heterocycles. The zero-order valence-corrected chi connectivity index (χ0v) is 8.88. The van der Waals surface area contributed by atoms with Crippen molar-refractivity contribution in [3.63, 3.8) is 0 Å².